The fourth-order valence-electron chi connectivity index (χ4n) is 1.96. The molecule has 0 amide bonds. The minimum absolute atomic E-state index is 0.00950. The Hall–Kier alpha value is -1.96. The van der Waals surface area contributed by atoms with Gasteiger partial charge in [-0.25, -0.2) is 9.18 Å². The van der Waals surface area contributed by atoms with Gasteiger partial charge in [0.05, 0.1) is 11.6 Å². The van der Waals surface area contributed by atoms with Crippen molar-refractivity contribution < 1.29 is 28.5 Å². The SMILES string of the molecule is C=CCOC(=O)OC[C@@H](NC(O)OC(C)(C)C)[C@H](F)c1ccccc1. The van der Waals surface area contributed by atoms with Crippen molar-refractivity contribution in [2.24, 2.45) is 0 Å². The normalized spacial score (nSPS) is 15.1. The molecule has 0 aliphatic rings. The van der Waals surface area contributed by atoms with Gasteiger partial charge in [-0.1, -0.05) is 43.0 Å². The molecule has 1 aromatic carbocycles. The molecule has 140 valence electrons. The summed E-state index contributed by atoms with van der Waals surface area (Å²) in [5, 5.41) is 12.6. The first-order valence-electron chi connectivity index (χ1n) is 7.94. The first kappa shape index (κ1) is 21.1. The molecule has 25 heavy (non-hydrogen) atoms. The van der Waals surface area contributed by atoms with E-state index >= 15 is 0 Å². The Morgan fingerprint density at radius 3 is 2.52 bits per heavy atom. The third-order valence-corrected chi connectivity index (χ3v) is 2.99. The molecule has 1 aromatic rings. The molecule has 0 saturated carbocycles. The number of aliphatic hydroxyl groups is 1. The monoisotopic (exact) mass is 355 g/mol. The number of halogens is 1. The third kappa shape index (κ3) is 8.62. The Morgan fingerprint density at radius 1 is 1.32 bits per heavy atom. The Bertz CT molecular complexity index is 532. The maximum absolute atomic E-state index is 14.8. The zero-order valence-electron chi connectivity index (χ0n) is 14.8. The highest BCUT2D eigenvalue weighted by Crippen LogP contribution is 2.22. The number of aliphatic hydroxyl groups excluding tert-OH is 1. The lowest BCUT2D eigenvalue weighted by atomic mass is 10.0. The Kier molecular flexibility index (Phi) is 8.54. The second-order valence-corrected chi connectivity index (χ2v) is 6.33. The molecule has 0 aliphatic carbocycles. The van der Waals surface area contributed by atoms with Gasteiger partial charge >= 0.3 is 6.16 Å². The van der Waals surface area contributed by atoms with Crippen molar-refractivity contribution in [2.45, 2.75) is 45.0 Å². The van der Waals surface area contributed by atoms with E-state index in [0.29, 0.717) is 5.56 Å². The number of ether oxygens (including phenoxy) is 3. The number of hydrogen-bond acceptors (Lipinski definition) is 6. The Morgan fingerprint density at radius 2 is 1.96 bits per heavy atom. The molecule has 3 atom stereocenters. The average molecular weight is 355 g/mol. The minimum Gasteiger partial charge on any atom is -0.432 e. The summed E-state index contributed by atoms with van der Waals surface area (Å²) in [6.07, 6.45) is -2.52. The quantitative estimate of drug-likeness (QED) is 0.403. The molecule has 6 nitrogen and oxygen atoms in total. The molecule has 2 N–H and O–H groups in total. The summed E-state index contributed by atoms with van der Waals surface area (Å²) in [6, 6.07) is 7.33. The maximum Gasteiger partial charge on any atom is 0.508 e. The van der Waals surface area contributed by atoms with Crippen LogP contribution in [-0.4, -0.2) is 42.5 Å². The van der Waals surface area contributed by atoms with Crippen LogP contribution in [0.25, 0.3) is 0 Å². The minimum atomic E-state index is -1.54. The van der Waals surface area contributed by atoms with Crippen LogP contribution in [0.15, 0.2) is 43.0 Å². The molecule has 1 unspecified atom stereocenters. The van der Waals surface area contributed by atoms with Crippen LogP contribution in [0.3, 0.4) is 0 Å². The molecule has 0 spiro atoms. The fourth-order valence-corrected chi connectivity index (χ4v) is 1.96. The van der Waals surface area contributed by atoms with Crippen molar-refractivity contribution in [3.63, 3.8) is 0 Å². The van der Waals surface area contributed by atoms with Crippen molar-refractivity contribution in [1.82, 2.24) is 5.32 Å². The molecule has 0 heterocycles. The van der Waals surface area contributed by atoms with Crippen LogP contribution < -0.4 is 5.32 Å². The first-order valence-corrected chi connectivity index (χ1v) is 7.94. The molecule has 0 bridgehead atoms. The van der Waals surface area contributed by atoms with E-state index in [0.717, 1.165) is 0 Å². The maximum atomic E-state index is 14.8. The topological polar surface area (TPSA) is 77.0 Å². The summed E-state index contributed by atoms with van der Waals surface area (Å²) in [5.74, 6) is 0. The summed E-state index contributed by atoms with van der Waals surface area (Å²) in [5.41, 5.74) is -0.259. The van der Waals surface area contributed by atoms with Crippen LogP contribution in [0, 0.1) is 0 Å². The van der Waals surface area contributed by atoms with Gasteiger partial charge in [0, 0.05) is 0 Å². The van der Waals surface area contributed by atoms with Crippen molar-refractivity contribution in [3.05, 3.63) is 48.6 Å². The average Bonchev–Trinajstić information content (AvgIpc) is 2.55. The van der Waals surface area contributed by atoms with E-state index in [1.165, 1.54) is 6.08 Å². The second-order valence-electron chi connectivity index (χ2n) is 6.33. The van der Waals surface area contributed by atoms with E-state index in [1.54, 1.807) is 51.1 Å². The van der Waals surface area contributed by atoms with Crippen LogP contribution in [0.1, 0.15) is 32.5 Å². The van der Waals surface area contributed by atoms with E-state index in [-0.39, 0.29) is 13.2 Å². The molecule has 0 radical (unpaired) electrons. The van der Waals surface area contributed by atoms with E-state index in [9.17, 15) is 14.3 Å². The number of nitrogens with one attached hydrogen (secondary N) is 1. The van der Waals surface area contributed by atoms with E-state index in [1.807, 2.05) is 0 Å². The predicted octanol–water partition coefficient (Wildman–Crippen LogP) is 3.09. The van der Waals surface area contributed by atoms with E-state index < -0.39 is 30.4 Å². The van der Waals surface area contributed by atoms with Gasteiger partial charge in [0.15, 0.2) is 0 Å². The van der Waals surface area contributed by atoms with Gasteiger partial charge in [0.25, 0.3) is 0 Å². The summed E-state index contributed by atoms with van der Waals surface area (Å²) >= 11 is 0. The number of hydrogen-bond donors (Lipinski definition) is 2. The standard InChI is InChI=1S/C18H26FNO5/c1-5-11-23-17(22)24-12-14(20-16(21)25-18(2,3)4)15(19)13-9-7-6-8-10-13/h5-10,14-16,20-21H,1,11-12H2,2-4H3/t14-,15-,16?/m1/s1. The van der Waals surface area contributed by atoms with Gasteiger partial charge < -0.3 is 19.3 Å². The van der Waals surface area contributed by atoms with Gasteiger partial charge in [-0.2, -0.15) is 0 Å². The van der Waals surface area contributed by atoms with Crippen molar-refractivity contribution in [3.8, 4) is 0 Å². The highest BCUT2D eigenvalue weighted by atomic mass is 19.1. The van der Waals surface area contributed by atoms with Gasteiger partial charge in [0.1, 0.15) is 19.4 Å². The molecular formula is C18H26FNO5. The van der Waals surface area contributed by atoms with Crippen LogP contribution in [0.5, 0.6) is 0 Å². The van der Waals surface area contributed by atoms with Crippen molar-refractivity contribution in [2.75, 3.05) is 13.2 Å². The van der Waals surface area contributed by atoms with Crippen molar-refractivity contribution >= 4 is 6.16 Å². The molecule has 0 fully saturated rings. The van der Waals surface area contributed by atoms with Gasteiger partial charge in [-0.05, 0) is 26.3 Å². The molecule has 7 heteroatoms. The summed E-state index contributed by atoms with van der Waals surface area (Å²) < 4.78 is 29.7. The zero-order chi connectivity index (χ0) is 18.9. The second kappa shape index (κ2) is 10.1. The molecule has 0 aromatic heterocycles. The van der Waals surface area contributed by atoms with Gasteiger partial charge in [-0.3, -0.25) is 5.32 Å². The Labute approximate surface area is 147 Å². The van der Waals surface area contributed by atoms with Gasteiger partial charge in [-0.15, -0.1) is 0 Å². The van der Waals surface area contributed by atoms with E-state index in [2.05, 4.69) is 16.6 Å². The van der Waals surface area contributed by atoms with Crippen LogP contribution in [-0.2, 0) is 14.2 Å². The number of rotatable bonds is 9. The summed E-state index contributed by atoms with van der Waals surface area (Å²) in [6.45, 7) is 8.30. The van der Waals surface area contributed by atoms with Crippen LogP contribution in [0.2, 0.25) is 0 Å². The third-order valence-electron chi connectivity index (χ3n) is 2.99. The number of benzene rings is 1. The predicted molar refractivity (Wildman–Crippen MR) is 91.6 cm³/mol. The van der Waals surface area contributed by atoms with Crippen LogP contribution in [0.4, 0.5) is 9.18 Å². The number of carbonyl (C=O) groups excluding carboxylic acids is 1. The molecule has 0 saturated heterocycles. The summed E-state index contributed by atoms with van der Waals surface area (Å²) in [4.78, 5) is 11.4. The molecule has 0 aliphatic heterocycles. The lowest BCUT2D eigenvalue weighted by molar-refractivity contribution is -0.189. The zero-order valence-corrected chi connectivity index (χ0v) is 14.8. The molecule has 1 rings (SSSR count). The highest BCUT2D eigenvalue weighted by Gasteiger charge is 2.28. The van der Waals surface area contributed by atoms with Crippen LogP contribution >= 0.6 is 0 Å². The summed E-state index contributed by atoms with van der Waals surface area (Å²) in [7, 11) is 0. The lowest BCUT2D eigenvalue weighted by Crippen LogP contribution is -2.47. The fraction of sp³-hybridized carbons (Fsp3) is 0.500. The van der Waals surface area contributed by atoms with Crippen molar-refractivity contribution in [1.29, 1.82) is 0 Å². The molecular weight excluding hydrogens is 329 g/mol. The smallest absolute Gasteiger partial charge is 0.432 e. The number of carbonyl (C=O) groups is 1. The Balaban J connectivity index is 2.75. The lowest BCUT2D eigenvalue weighted by Gasteiger charge is -2.29. The highest BCUT2D eigenvalue weighted by molar-refractivity contribution is 5.60. The first-order chi connectivity index (χ1) is 11.7. The number of alkyl halides is 1. The van der Waals surface area contributed by atoms with Gasteiger partial charge in [0.2, 0.25) is 6.41 Å². The largest absolute Gasteiger partial charge is 0.508 e. The van der Waals surface area contributed by atoms with E-state index in [4.69, 9.17) is 9.47 Å².